The molecule has 0 amide bonds. The van der Waals surface area contributed by atoms with Crippen LogP contribution in [-0.2, 0) is 0 Å². The Morgan fingerprint density at radius 1 is 1.24 bits per heavy atom. The minimum atomic E-state index is -4.62. The van der Waals surface area contributed by atoms with Gasteiger partial charge in [0.05, 0.1) is 0 Å². The minimum Gasteiger partial charge on any atom is -0.380 e. The van der Waals surface area contributed by atoms with Crippen LogP contribution in [0.1, 0.15) is 19.2 Å². The molecule has 0 aliphatic carbocycles. The highest BCUT2D eigenvalue weighted by Gasteiger charge is 2.50. The van der Waals surface area contributed by atoms with Gasteiger partial charge in [-0.15, -0.1) is 0 Å². The number of hydrogen-bond acceptors (Lipinski definition) is 6. The van der Waals surface area contributed by atoms with E-state index in [-0.39, 0.29) is 0 Å². The SMILES string of the molecule is Cc1nsc(N2CCCN(C[C@](C)(O)C(F)(F)F)CC2)n1. The Kier molecular flexibility index (Phi) is 4.74. The standard InChI is InChI=1S/C12H19F3N4OS/c1-9-16-10(21-17-9)19-5-3-4-18(6-7-19)8-11(2,20)12(13,14)15/h20H,3-8H2,1-2H3/t11-/m0/s1. The zero-order chi connectivity index (χ0) is 15.7. The van der Waals surface area contributed by atoms with E-state index in [0.717, 1.165) is 25.0 Å². The molecule has 1 aromatic rings. The zero-order valence-electron chi connectivity index (χ0n) is 12.0. The maximum absolute atomic E-state index is 12.7. The second kappa shape index (κ2) is 6.05. The molecular weight excluding hydrogens is 305 g/mol. The summed E-state index contributed by atoms with van der Waals surface area (Å²) in [5.74, 6) is 0.705. The normalized spacial score (nSPS) is 21.1. The molecule has 0 bridgehead atoms. The van der Waals surface area contributed by atoms with Gasteiger partial charge in [0.2, 0.25) is 5.13 Å². The van der Waals surface area contributed by atoms with Gasteiger partial charge in [0.15, 0.2) is 5.60 Å². The summed E-state index contributed by atoms with van der Waals surface area (Å²) in [5, 5.41) is 10.4. The first kappa shape index (κ1) is 16.4. The second-order valence-corrected chi connectivity index (χ2v) is 6.24. The van der Waals surface area contributed by atoms with E-state index >= 15 is 0 Å². The number of aliphatic hydroxyl groups is 1. The van der Waals surface area contributed by atoms with Crippen molar-refractivity contribution in [3.05, 3.63) is 5.82 Å². The topological polar surface area (TPSA) is 52.5 Å². The highest BCUT2D eigenvalue weighted by Crippen LogP contribution is 2.31. The molecule has 0 radical (unpaired) electrons. The molecule has 1 atom stereocenters. The molecule has 1 aromatic heterocycles. The summed E-state index contributed by atoms with van der Waals surface area (Å²) >= 11 is 1.30. The van der Waals surface area contributed by atoms with Gasteiger partial charge in [-0.05, 0) is 20.3 Å². The number of β-amino-alcohol motifs (C(OH)–C–C–N with tert-alkyl or cyclic N) is 1. The van der Waals surface area contributed by atoms with Crippen LogP contribution in [0, 0.1) is 6.92 Å². The van der Waals surface area contributed by atoms with E-state index in [1.54, 1.807) is 4.90 Å². The molecule has 0 aromatic carbocycles. The van der Waals surface area contributed by atoms with Crippen LogP contribution in [0.25, 0.3) is 0 Å². The predicted molar refractivity (Wildman–Crippen MR) is 74.6 cm³/mol. The quantitative estimate of drug-likeness (QED) is 0.917. The van der Waals surface area contributed by atoms with Gasteiger partial charge < -0.3 is 10.0 Å². The smallest absolute Gasteiger partial charge is 0.380 e. The van der Waals surface area contributed by atoms with Gasteiger partial charge in [-0.1, -0.05) is 0 Å². The van der Waals surface area contributed by atoms with E-state index in [0.29, 0.717) is 25.5 Å². The van der Waals surface area contributed by atoms with E-state index in [1.165, 1.54) is 11.5 Å². The fourth-order valence-corrected chi connectivity index (χ4v) is 2.99. The molecule has 1 fully saturated rings. The van der Waals surface area contributed by atoms with E-state index in [2.05, 4.69) is 9.36 Å². The van der Waals surface area contributed by atoms with Crippen LogP contribution >= 0.6 is 11.5 Å². The Morgan fingerprint density at radius 2 is 1.95 bits per heavy atom. The van der Waals surface area contributed by atoms with Crippen molar-refractivity contribution in [2.24, 2.45) is 0 Å². The van der Waals surface area contributed by atoms with Crippen molar-refractivity contribution in [2.75, 3.05) is 37.6 Å². The lowest BCUT2D eigenvalue weighted by Gasteiger charge is -2.32. The lowest BCUT2D eigenvalue weighted by atomic mass is 10.1. The van der Waals surface area contributed by atoms with Gasteiger partial charge >= 0.3 is 6.18 Å². The molecule has 2 heterocycles. The van der Waals surface area contributed by atoms with Crippen molar-refractivity contribution in [3.8, 4) is 0 Å². The molecule has 9 heteroatoms. The molecular formula is C12H19F3N4OS. The third-order valence-electron chi connectivity index (χ3n) is 3.52. The third kappa shape index (κ3) is 4.04. The Balaban J connectivity index is 1.95. The molecule has 0 saturated carbocycles. The lowest BCUT2D eigenvalue weighted by Crippen LogP contribution is -2.52. The summed E-state index contributed by atoms with van der Waals surface area (Å²) < 4.78 is 42.3. The number of anilines is 1. The number of hydrogen-bond donors (Lipinski definition) is 1. The Morgan fingerprint density at radius 3 is 2.52 bits per heavy atom. The molecule has 1 aliphatic rings. The Hall–Kier alpha value is -0.930. The molecule has 1 saturated heterocycles. The summed E-state index contributed by atoms with van der Waals surface area (Å²) in [6.07, 6.45) is -3.89. The van der Waals surface area contributed by atoms with Crippen molar-refractivity contribution in [1.82, 2.24) is 14.3 Å². The summed E-state index contributed by atoms with van der Waals surface area (Å²) in [6.45, 7) is 4.54. The monoisotopic (exact) mass is 324 g/mol. The first-order valence-electron chi connectivity index (χ1n) is 6.76. The Labute approximate surface area is 125 Å². The van der Waals surface area contributed by atoms with Gasteiger partial charge in [-0.2, -0.15) is 17.5 Å². The first-order chi connectivity index (χ1) is 9.69. The number of halogens is 3. The lowest BCUT2D eigenvalue weighted by molar-refractivity contribution is -0.257. The van der Waals surface area contributed by atoms with Gasteiger partial charge in [-0.3, -0.25) is 4.90 Å². The van der Waals surface area contributed by atoms with Crippen molar-refractivity contribution >= 4 is 16.7 Å². The van der Waals surface area contributed by atoms with Crippen molar-refractivity contribution in [3.63, 3.8) is 0 Å². The van der Waals surface area contributed by atoms with Gasteiger partial charge in [0.25, 0.3) is 0 Å². The van der Waals surface area contributed by atoms with Crippen LogP contribution < -0.4 is 4.90 Å². The van der Waals surface area contributed by atoms with Gasteiger partial charge in [-0.25, -0.2) is 4.98 Å². The first-order valence-corrected chi connectivity index (χ1v) is 7.53. The van der Waals surface area contributed by atoms with Gasteiger partial charge in [0.1, 0.15) is 5.82 Å². The number of rotatable bonds is 3. The zero-order valence-corrected chi connectivity index (χ0v) is 12.8. The fourth-order valence-electron chi connectivity index (χ4n) is 2.26. The van der Waals surface area contributed by atoms with Crippen LogP contribution in [-0.4, -0.2) is 63.9 Å². The minimum absolute atomic E-state index is 0.403. The Bertz CT molecular complexity index is 477. The second-order valence-electron chi connectivity index (χ2n) is 5.51. The summed E-state index contributed by atoms with van der Waals surface area (Å²) in [6, 6.07) is 0. The molecule has 120 valence electrons. The van der Waals surface area contributed by atoms with E-state index in [1.807, 2.05) is 11.8 Å². The highest BCUT2D eigenvalue weighted by atomic mass is 32.1. The van der Waals surface area contributed by atoms with Crippen LogP contribution in [0.15, 0.2) is 0 Å². The molecule has 1 N–H and O–H groups in total. The van der Waals surface area contributed by atoms with Gasteiger partial charge in [0, 0.05) is 44.3 Å². The van der Waals surface area contributed by atoms with E-state index < -0.39 is 18.3 Å². The largest absolute Gasteiger partial charge is 0.418 e. The van der Waals surface area contributed by atoms with Crippen LogP contribution in [0.5, 0.6) is 0 Å². The fraction of sp³-hybridized carbons (Fsp3) is 0.833. The molecule has 21 heavy (non-hydrogen) atoms. The van der Waals surface area contributed by atoms with Crippen molar-refractivity contribution < 1.29 is 18.3 Å². The highest BCUT2D eigenvalue weighted by molar-refractivity contribution is 7.09. The van der Waals surface area contributed by atoms with E-state index in [9.17, 15) is 18.3 Å². The number of alkyl halides is 3. The molecule has 2 rings (SSSR count). The molecule has 0 spiro atoms. The number of aryl methyl sites for hydroxylation is 1. The number of nitrogens with zero attached hydrogens (tertiary/aromatic N) is 4. The predicted octanol–water partition coefficient (Wildman–Crippen LogP) is 1.67. The molecule has 1 aliphatic heterocycles. The van der Waals surface area contributed by atoms with Crippen LogP contribution in [0.4, 0.5) is 18.3 Å². The average Bonchev–Trinajstić information content (AvgIpc) is 2.65. The maximum atomic E-state index is 12.7. The van der Waals surface area contributed by atoms with Crippen LogP contribution in [0.2, 0.25) is 0 Å². The summed E-state index contributed by atoms with van der Waals surface area (Å²) in [7, 11) is 0. The van der Waals surface area contributed by atoms with E-state index in [4.69, 9.17) is 0 Å². The molecule has 5 nitrogen and oxygen atoms in total. The van der Waals surface area contributed by atoms with Crippen LogP contribution in [0.3, 0.4) is 0 Å². The summed E-state index contributed by atoms with van der Waals surface area (Å²) in [4.78, 5) is 7.99. The van der Waals surface area contributed by atoms with Crippen molar-refractivity contribution in [1.29, 1.82) is 0 Å². The number of aromatic nitrogens is 2. The maximum Gasteiger partial charge on any atom is 0.418 e. The third-order valence-corrected chi connectivity index (χ3v) is 4.39. The summed E-state index contributed by atoms with van der Waals surface area (Å²) in [5.41, 5.74) is -2.68. The van der Waals surface area contributed by atoms with Crippen molar-refractivity contribution in [2.45, 2.75) is 32.0 Å². The average molecular weight is 324 g/mol. The molecule has 0 unspecified atom stereocenters.